The summed E-state index contributed by atoms with van der Waals surface area (Å²) in [6, 6.07) is 36.6. The molecule has 4 heterocycles. The van der Waals surface area contributed by atoms with E-state index in [4.69, 9.17) is 9.72 Å². The first-order chi connectivity index (χ1) is 23.5. The molecule has 0 aliphatic carbocycles. The quantitative estimate of drug-likeness (QED) is 0.187. The van der Waals surface area contributed by atoms with Crippen LogP contribution in [-0.2, 0) is 10.8 Å². The molecule has 0 spiro atoms. The van der Waals surface area contributed by atoms with Crippen LogP contribution in [0.25, 0.3) is 33.3 Å². The second kappa shape index (κ2) is 11.6. The molecule has 2 aliphatic heterocycles. The maximum absolute atomic E-state index is 6.62. The third-order valence-corrected chi connectivity index (χ3v) is 9.63. The molecule has 4 aromatic carbocycles. The molecule has 0 bridgehead atoms. The van der Waals surface area contributed by atoms with E-state index in [0.29, 0.717) is 0 Å². The van der Waals surface area contributed by atoms with E-state index in [9.17, 15) is 0 Å². The van der Waals surface area contributed by atoms with Crippen molar-refractivity contribution in [2.75, 3.05) is 4.90 Å². The number of allylic oxidation sites excluding steroid dienone is 2. The van der Waals surface area contributed by atoms with Gasteiger partial charge in [0.2, 0.25) is 0 Å². The van der Waals surface area contributed by atoms with E-state index in [2.05, 4.69) is 184 Å². The van der Waals surface area contributed by atoms with Gasteiger partial charge < -0.3 is 14.5 Å². The molecule has 0 N–H and O–H groups in total. The lowest BCUT2D eigenvalue weighted by Gasteiger charge is -2.31. The first kappa shape index (κ1) is 30.8. The summed E-state index contributed by atoms with van der Waals surface area (Å²) >= 11 is 0. The van der Waals surface area contributed by atoms with Crippen molar-refractivity contribution in [1.82, 2.24) is 14.5 Å². The topological polar surface area (TPSA) is 33.5 Å². The Kier molecular flexibility index (Phi) is 7.25. The molecule has 1 unspecified atom stereocenters. The highest BCUT2D eigenvalue weighted by molar-refractivity contribution is 6.09. The van der Waals surface area contributed by atoms with E-state index in [-0.39, 0.29) is 17.0 Å². The van der Waals surface area contributed by atoms with Crippen molar-refractivity contribution in [3.05, 3.63) is 157 Å². The fraction of sp³-hybridized carbons (Fsp3) is 0.205. The predicted octanol–water partition coefficient (Wildman–Crippen LogP) is 11.1. The number of hydrogen-bond donors (Lipinski definition) is 0. The van der Waals surface area contributed by atoms with Crippen LogP contribution in [0.15, 0.2) is 140 Å². The standard InChI is InChI=1S/C44H42N4O/c1-43(2,3)31-17-19-33(20-18-31)47-29-40(46-25-10-9-16-42(46)47)30-12-11-13-34(26-30)49-35-21-22-37-36-14-7-8-15-38(36)48(39(37)28-35)41-27-32(23-24-45-41)44(4,5)6/h7-29,42H,1-6H3. The van der Waals surface area contributed by atoms with Crippen LogP contribution in [-0.4, -0.2) is 20.6 Å². The lowest BCUT2D eigenvalue weighted by Crippen LogP contribution is -2.36. The summed E-state index contributed by atoms with van der Waals surface area (Å²) in [5.41, 5.74) is 8.26. The lowest BCUT2D eigenvalue weighted by molar-refractivity contribution is 0.470. The number of fused-ring (bicyclic) bond motifs is 4. The molecule has 244 valence electrons. The first-order valence-electron chi connectivity index (χ1n) is 17.1. The Morgan fingerprint density at radius 1 is 0.633 bits per heavy atom. The van der Waals surface area contributed by atoms with Gasteiger partial charge in [0.1, 0.15) is 23.5 Å². The second-order valence-corrected chi connectivity index (χ2v) is 15.1. The number of ether oxygens (including phenoxy) is 1. The molecule has 0 fully saturated rings. The molecular weight excluding hydrogens is 601 g/mol. The smallest absolute Gasteiger partial charge is 0.137 e. The van der Waals surface area contributed by atoms with Crippen LogP contribution < -0.4 is 9.64 Å². The molecule has 1 atom stereocenters. The number of pyridine rings is 1. The highest BCUT2D eigenvalue weighted by atomic mass is 16.5. The van der Waals surface area contributed by atoms with Gasteiger partial charge in [-0.05, 0) is 88.7 Å². The molecule has 0 saturated carbocycles. The maximum Gasteiger partial charge on any atom is 0.137 e. The third-order valence-electron chi connectivity index (χ3n) is 9.63. The van der Waals surface area contributed by atoms with Gasteiger partial charge in [-0.3, -0.25) is 4.57 Å². The zero-order valence-corrected chi connectivity index (χ0v) is 29.1. The summed E-state index contributed by atoms with van der Waals surface area (Å²) < 4.78 is 8.87. The van der Waals surface area contributed by atoms with E-state index in [1.165, 1.54) is 21.9 Å². The molecule has 0 radical (unpaired) electrons. The average Bonchev–Trinajstić information content (AvgIpc) is 3.64. The minimum Gasteiger partial charge on any atom is -0.457 e. The van der Waals surface area contributed by atoms with Crippen LogP contribution >= 0.6 is 0 Å². The predicted molar refractivity (Wildman–Crippen MR) is 203 cm³/mol. The molecule has 6 aromatic rings. The molecule has 49 heavy (non-hydrogen) atoms. The van der Waals surface area contributed by atoms with Crippen molar-refractivity contribution in [3.8, 4) is 17.3 Å². The van der Waals surface area contributed by atoms with Gasteiger partial charge in [0.25, 0.3) is 0 Å². The van der Waals surface area contributed by atoms with Crippen LogP contribution in [0.4, 0.5) is 5.69 Å². The van der Waals surface area contributed by atoms with Crippen LogP contribution in [0.1, 0.15) is 58.2 Å². The largest absolute Gasteiger partial charge is 0.457 e. The van der Waals surface area contributed by atoms with Crippen molar-refractivity contribution < 1.29 is 4.74 Å². The Balaban J connectivity index is 1.15. The van der Waals surface area contributed by atoms with E-state index < -0.39 is 0 Å². The van der Waals surface area contributed by atoms with Crippen LogP contribution in [0, 0.1) is 0 Å². The van der Waals surface area contributed by atoms with Crippen molar-refractivity contribution in [1.29, 1.82) is 0 Å². The monoisotopic (exact) mass is 642 g/mol. The van der Waals surface area contributed by atoms with Crippen LogP contribution in [0.2, 0.25) is 0 Å². The van der Waals surface area contributed by atoms with Crippen molar-refractivity contribution in [2.45, 2.75) is 58.5 Å². The molecule has 5 heteroatoms. The fourth-order valence-electron chi connectivity index (χ4n) is 6.92. The second-order valence-electron chi connectivity index (χ2n) is 15.1. The maximum atomic E-state index is 6.62. The van der Waals surface area contributed by atoms with E-state index in [1.807, 2.05) is 12.3 Å². The fourth-order valence-corrected chi connectivity index (χ4v) is 6.92. The first-order valence-corrected chi connectivity index (χ1v) is 17.1. The van der Waals surface area contributed by atoms with E-state index in [1.54, 1.807) is 0 Å². The van der Waals surface area contributed by atoms with Crippen molar-refractivity contribution in [2.24, 2.45) is 0 Å². The Morgan fingerprint density at radius 3 is 2.18 bits per heavy atom. The van der Waals surface area contributed by atoms with Gasteiger partial charge in [-0.2, -0.15) is 0 Å². The average molecular weight is 643 g/mol. The van der Waals surface area contributed by atoms with Gasteiger partial charge in [-0.1, -0.05) is 90.1 Å². The molecular formula is C44H42N4O. The third kappa shape index (κ3) is 5.59. The van der Waals surface area contributed by atoms with E-state index in [0.717, 1.165) is 45.3 Å². The minimum atomic E-state index is 0.0126. The number of para-hydroxylation sites is 1. The Labute approximate surface area is 289 Å². The van der Waals surface area contributed by atoms with Gasteiger partial charge in [0.15, 0.2) is 0 Å². The van der Waals surface area contributed by atoms with Gasteiger partial charge in [0, 0.05) is 46.7 Å². The molecule has 8 rings (SSSR count). The zero-order valence-electron chi connectivity index (χ0n) is 29.1. The number of anilines is 1. The van der Waals surface area contributed by atoms with Gasteiger partial charge in [0.05, 0.1) is 16.7 Å². The number of nitrogens with zero attached hydrogens (tertiary/aromatic N) is 4. The Bertz CT molecular complexity index is 2290. The highest BCUT2D eigenvalue weighted by Gasteiger charge is 2.32. The van der Waals surface area contributed by atoms with Gasteiger partial charge >= 0.3 is 0 Å². The minimum absolute atomic E-state index is 0.0126. The normalized spacial score (nSPS) is 16.0. The lowest BCUT2D eigenvalue weighted by atomic mass is 9.87. The van der Waals surface area contributed by atoms with Crippen LogP contribution in [0.5, 0.6) is 11.5 Å². The number of benzene rings is 4. The number of hydrogen-bond acceptors (Lipinski definition) is 4. The number of rotatable bonds is 5. The van der Waals surface area contributed by atoms with Crippen molar-refractivity contribution >= 4 is 33.2 Å². The van der Waals surface area contributed by atoms with E-state index >= 15 is 0 Å². The summed E-state index contributed by atoms with van der Waals surface area (Å²) in [5.74, 6) is 2.47. The summed E-state index contributed by atoms with van der Waals surface area (Å²) in [6.45, 7) is 13.5. The molecule has 2 aromatic heterocycles. The molecule has 2 aliphatic rings. The summed E-state index contributed by atoms with van der Waals surface area (Å²) in [5, 5.41) is 2.36. The highest BCUT2D eigenvalue weighted by Crippen LogP contribution is 2.39. The molecule has 0 saturated heterocycles. The van der Waals surface area contributed by atoms with Gasteiger partial charge in [-0.15, -0.1) is 0 Å². The summed E-state index contributed by atoms with van der Waals surface area (Å²) in [6.07, 6.45) is 12.8. The van der Waals surface area contributed by atoms with Gasteiger partial charge in [-0.25, -0.2) is 4.98 Å². The van der Waals surface area contributed by atoms with Crippen LogP contribution in [0.3, 0.4) is 0 Å². The molecule has 0 amide bonds. The Hall–Kier alpha value is -5.55. The Morgan fingerprint density at radius 2 is 1.39 bits per heavy atom. The number of aromatic nitrogens is 2. The zero-order chi connectivity index (χ0) is 33.9. The summed E-state index contributed by atoms with van der Waals surface area (Å²) in [7, 11) is 0. The summed E-state index contributed by atoms with van der Waals surface area (Å²) in [4.78, 5) is 9.50. The SMILES string of the molecule is CC(C)(C)c1ccc(N2C=C(c3cccc(Oc4ccc5c6ccccc6n(-c6cc(C(C)(C)C)ccn6)c5c4)c3)N3C=CC=CC32)cc1. The van der Waals surface area contributed by atoms with Crippen molar-refractivity contribution in [3.63, 3.8) is 0 Å². The molecule has 5 nitrogen and oxygen atoms in total.